The van der Waals surface area contributed by atoms with Gasteiger partial charge in [0.05, 0.1) is 12.7 Å². The van der Waals surface area contributed by atoms with Crippen molar-refractivity contribution < 1.29 is 9.53 Å². The summed E-state index contributed by atoms with van der Waals surface area (Å²) in [5, 5.41) is 16.3. The molecule has 2 aromatic carbocycles. The molecule has 0 saturated carbocycles. The molecule has 7 heteroatoms. The second-order valence-corrected chi connectivity index (χ2v) is 7.54. The number of rotatable bonds is 9. The molecule has 166 valence electrons. The predicted octanol–water partition coefficient (Wildman–Crippen LogP) is 4.27. The summed E-state index contributed by atoms with van der Waals surface area (Å²) in [7, 11) is 1.65. The maximum Gasteiger partial charge on any atom is 0.220 e. The fraction of sp³-hybridized carbons (Fsp3) is 0.192. The summed E-state index contributed by atoms with van der Waals surface area (Å²) in [6.45, 7) is 0.932. The number of hydrogen-bond donors (Lipinski definition) is 3. The summed E-state index contributed by atoms with van der Waals surface area (Å²) in [6.07, 6.45) is 2.62. The average Bonchev–Trinajstić information content (AvgIpc) is 3.24. The number of aromatic amines is 1. The number of carbonyl (C=O) groups excluding carboxylic acids is 1. The maximum absolute atomic E-state index is 12.5. The number of H-pyrrole nitrogens is 1. The molecule has 3 N–H and O–H groups in total. The summed E-state index contributed by atoms with van der Waals surface area (Å²) >= 11 is 0. The molecule has 0 aliphatic heterocycles. The van der Waals surface area contributed by atoms with E-state index >= 15 is 0 Å². The number of anilines is 1. The molecule has 0 spiro atoms. The molecule has 0 aliphatic carbocycles. The number of ether oxygens (including phenoxy) is 1. The van der Waals surface area contributed by atoms with Gasteiger partial charge in [-0.1, -0.05) is 18.2 Å². The van der Waals surface area contributed by atoms with Crippen LogP contribution in [0.25, 0.3) is 22.2 Å². The quantitative estimate of drug-likeness (QED) is 0.338. The van der Waals surface area contributed by atoms with Gasteiger partial charge in [-0.2, -0.15) is 5.26 Å². The third-order valence-corrected chi connectivity index (χ3v) is 5.46. The summed E-state index contributed by atoms with van der Waals surface area (Å²) in [6, 6.07) is 21.6. The fourth-order valence-corrected chi connectivity index (χ4v) is 3.81. The number of amides is 1. The Balaban J connectivity index is 1.39. The van der Waals surface area contributed by atoms with Crippen molar-refractivity contribution in [2.45, 2.75) is 12.8 Å². The average molecular weight is 440 g/mol. The fourth-order valence-electron chi connectivity index (χ4n) is 3.81. The maximum atomic E-state index is 12.5. The van der Waals surface area contributed by atoms with Gasteiger partial charge in [0.2, 0.25) is 5.91 Å². The molecule has 33 heavy (non-hydrogen) atoms. The summed E-state index contributed by atoms with van der Waals surface area (Å²) in [5.74, 6) is 1.30. The molecular weight excluding hydrogens is 414 g/mol. The topological polar surface area (TPSA) is 103 Å². The Morgan fingerprint density at radius 2 is 1.91 bits per heavy atom. The number of nitriles is 1. The lowest BCUT2D eigenvalue weighted by atomic mass is 10.0. The van der Waals surface area contributed by atoms with Crippen LogP contribution in [-0.4, -0.2) is 36.1 Å². The lowest BCUT2D eigenvalue weighted by Gasteiger charge is -2.09. The number of methoxy groups -OCH3 is 1. The molecule has 0 unspecified atom stereocenters. The Kier molecular flexibility index (Phi) is 6.86. The first kappa shape index (κ1) is 21.9. The third-order valence-electron chi connectivity index (χ3n) is 5.46. The number of hydrogen-bond acceptors (Lipinski definition) is 5. The van der Waals surface area contributed by atoms with Gasteiger partial charge in [-0.25, -0.2) is 4.98 Å². The van der Waals surface area contributed by atoms with Gasteiger partial charge in [0, 0.05) is 42.3 Å². The van der Waals surface area contributed by atoms with Gasteiger partial charge in [0.1, 0.15) is 17.6 Å². The van der Waals surface area contributed by atoms with Gasteiger partial charge in [0.15, 0.2) is 0 Å². The Morgan fingerprint density at radius 3 is 2.70 bits per heavy atom. The number of nitrogens with one attached hydrogen (secondary N) is 3. The van der Waals surface area contributed by atoms with Gasteiger partial charge < -0.3 is 20.4 Å². The van der Waals surface area contributed by atoms with Crippen molar-refractivity contribution in [3.63, 3.8) is 0 Å². The molecular formula is C26H25N5O2. The molecule has 4 rings (SSSR count). The molecule has 2 aromatic heterocycles. The SMILES string of the molecule is COc1ccc(-c2[nH]c3ccccc3c2CCC(=O)NCCNc2ncccc2C#N)cc1. The summed E-state index contributed by atoms with van der Waals surface area (Å²) < 4.78 is 5.27. The minimum Gasteiger partial charge on any atom is -0.497 e. The zero-order chi connectivity index (χ0) is 23.0. The number of benzene rings is 2. The largest absolute Gasteiger partial charge is 0.497 e. The molecule has 7 nitrogen and oxygen atoms in total. The van der Waals surface area contributed by atoms with Crippen LogP contribution >= 0.6 is 0 Å². The van der Waals surface area contributed by atoms with E-state index in [2.05, 4.69) is 32.7 Å². The van der Waals surface area contributed by atoms with Gasteiger partial charge in [-0.15, -0.1) is 0 Å². The van der Waals surface area contributed by atoms with Crippen LogP contribution in [0.5, 0.6) is 5.75 Å². The molecule has 4 aromatic rings. The van der Waals surface area contributed by atoms with Crippen LogP contribution in [0.4, 0.5) is 5.82 Å². The van der Waals surface area contributed by atoms with Crippen molar-refractivity contribution >= 4 is 22.6 Å². The van der Waals surface area contributed by atoms with E-state index in [1.807, 2.05) is 42.5 Å². The van der Waals surface area contributed by atoms with Crippen LogP contribution in [0.2, 0.25) is 0 Å². The van der Waals surface area contributed by atoms with E-state index in [-0.39, 0.29) is 5.91 Å². The third kappa shape index (κ3) is 5.13. The number of pyridine rings is 1. The monoisotopic (exact) mass is 439 g/mol. The smallest absolute Gasteiger partial charge is 0.220 e. The number of carbonyl (C=O) groups is 1. The van der Waals surface area contributed by atoms with Crippen LogP contribution in [-0.2, 0) is 11.2 Å². The number of aryl methyl sites for hydroxylation is 1. The Morgan fingerprint density at radius 1 is 1.09 bits per heavy atom. The van der Waals surface area contributed by atoms with Crippen molar-refractivity contribution in [2.75, 3.05) is 25.5 Å². The lowest BCUT2D eigenvalue weighted by molar-refractivity contribution is -0.120. The van der Waals surface area contributed by atoms with Gasteiger partial charge in [-0.3, -0.25) is 4.79 Å². The van der Waals surface area contributed by atoms with E-state index in [0.717, 1.165) is 33.5 Å². The molecule has 0 aliphatic rings. The Hall–Kier alpha value is -4.31. The zero-order valence-corrected chi connectivity index (χ0v) is 18.4. The highest BCUT2D eigenvalue weighted by Gasteiger charge is 2.14. The summed E-state index contributed by atoms with van der Waals surface area (Å²) in [4.78, 5) is 20.2. The molecule has 2 heterocycles. The predicted molar refractivity (Wildman–Crippen MR) is 129 cm³/mol. The van der Waals surface area contributed by atoms with Crippen molar-refractivity contribution in [1.82, 2.24) is 15.3 Å². The van der Waals surface area contributed by atoms with Crippen molar-refractivity contribution in [1.29, 1.82) is 5.26 Å². The van der Waals surface area contributed by atoms with E-state index in [4.69, 9.17) is 10.00 Å². The van der Waals surface area contributed by atoms with E-state index in [0.29, 0.717) is 37.3 Å². The van der Waals surface area contributed by atoms with Gasteiger partial charge in [-0.05, 0) is 60.0 Å². The van der Waals surface area contributed by atoms with Crippen LogP contribution in [0, 0.1) is 11.3 Å². The number of para-hydroxylation sites is 1. The van der Waals surface area contributed by atoms with Gasteiger partial charge >= 0.3 is 0 Å². The van der Waals surface area contributed by atoms with Crippen LogP contribution < -0.4 is 15.4 Å². The molecule has 1 amide bonds. The number of fused-ring (bicyclic) bond motifs is 1. The van der Waals surface area contributed by atoms with E-state index < -0.39 is 0 Å². The van der Waals surface area contributed by atoms with Crippen molar-refractivity contribution in [3.05, 3.63) is 78.0 Å². The first-order valence-corrected chi connectivity index (χ1v) is 10.8. The molecule has 0 bridgehead atoms. The highest BCUT2D eigenvalue weighted by molar-refractivity contribution is 5.91. The second kappa shape index (κ2) is 10.3. The summed E-state index contributed by atoms with van der Waals surface area (Å²) in [5.41, 5.74) is 4.72. The van der Waals surface area contributed by atoms with Crippen molar-refractivity contribution in [2.24, 2.45) is 0 Å². The van der Waals surface area contributed by atoms with Crippen LogP contribution in [0.1, 0.15) is 17.5 Å². The van der Waals surface area contributed by atoms with Crippen LogP contribution in [0.15, 0.2) is 66.9 Å². The molecule has 0 radical (unpaired) electrons. The number of aromatic nitrogens is 2. The standard InChI is InChI=1S/C26H25N5O2/c1-33-20-10-8-18(9-11-20)25-22(21-6-2-3-7-23(21)31-25)12-13-24(32)28-15-16-30-26-19(17-27)5-4-14-29-26/h2-11,14,31H,12-13,15-16H2,1H3,(H,28,32)(H,29,30). The van der Waals surface area contributed by atoms with Crippen LogP contribution in [0.3, 0.4) is 0 Å². The second-order valence-electron chi connectivity index (χ2n) is 7.54. The molecule has 0 fully saturated rings. The minimum absolute atomic E-state index is 0.0238. The first-order chi connectivity index (χ1) is 16.2. The molecule has 0 saturated heterocycles. The molecule has 0 atom stereocenters. The van der Waals surface area contributed by atoms with E-state index in [1.165, 1.54) is 0 Å². The first-order valence-electron chi connectivity index (χ1n) is 10.8. The Labute approximate surface area is 192 Å². The van der Waals surface area contributed by atoms with E-state index in [1.54, 1.807) is 25.4 Å². The number of nitrogens with zero attached hydrogens (tertiary/aromatic N) is 2. The highest BCUT2D eigenvalue weighted by Crippen LogP contribution is 2.32. The normalized spacial score (nSPS) is 10.5. The Bertz CT molecular complexity index is 1290. The van der Waals surface area contributed by atoms with Crippen molar-refractivity contribution in [3.8, 4) is 23.1 Å². The highest BCUT2D eigenvalue weighted by atomic mass is 16.5. The zero-order valence-electron chi connectivity index (χ0n) is 18.4. The van der Waals surface area contributed by atoms with Gasteiger partial charge in [0.25, 0.3) is 0 Å². The minimum atomic E-state index is -0.0238. The lowest BCUT2D eigenvalue weighted by Crippen LogP contribution is -2.29. The van der Waals surface area contributed by atoms with E-state index in [9.17, 15) is 4.79 Å².